The standard InChI is InChI=1S/C19H24F6O6S/c1-2-3-4-30-14-13-6-11-5-12(7-13)9-16(14,8-11)15(26)31-17(18(20,21)22,19(23,24)25)10-32(27,28)29/h3-4,11-14H,2,5-10H2,1H3,(H,27,28,29). The molecule has 0 aromatic carbocycles. The quantitative estimate of drug-likeness (QED) is 0.244. The average Bonchev–Trinajstić information content (AvgIpc) is 2.59. The van der Waals surface area contributed by atoms with Crippen LogP contribution in [0.3, 0.4) is 0 Å². The van der Waals surface area contributed by atoms with Gasteiger partial charge in [-0.15, -0.1) is 0 Å². The smallest absolute Gasteiger partial charge is 0.438 e. The molecular formula is C19H24F6O6S. The van der Waals surface area contributed by atoms with Gasteiger partial charge in [-0.05, 0) is 56.3 Å². The summed E-state index contributed by atoms with van der Waals surface area (Å²) in [5.74, 6) is -5.09. The van der Waals surface area contributed by atoms with Crippen molar-refractivity contribution in [2.45, 2.75) is 69.5 Å². The van der Waals surface area contributed by atoms with Crippen molar-refractivity contribution in [1.82, 2.24) is 0 Å². The molecule has 1 N–H and O–H groups in total. The zero-order chi connectivity index (χ0) is 24.2. The summed E-state index contributed by atoms with van der Waals surface area (Å²) in [6, 6.07) is 0. The number of allylic oxidation sites excluding steroid dienone is 1. The van der Waals surface area contributed by atoms with Crippen LogP contribution in [-0.4, -0.2) is 48.8 Å². The summed E-state index contributed by atoms with van der Waals surface area (Å²) in [7, 11) is -5.84. The molecule has 0 heterocycles. The predicted molar refractivity (Wildman–Crippen MR) is 97.6 cm³/mol. The van der Waals surface area contributed by atoms with Crippen molar-refractivity contribution in [3.8, 4) is 0 Å². The number of carbonyl (C=O) groups is 1. The van der Waals surface area contributed by atoms with Gasteiger partial charge in [0.15, 0.2) is 0 Å². The van der Waals surface area contributed by atoms with Crippen molar-refractivity contribution in [1.29, 1.82) is 0 Å². The summed E-state index contributed by atoms with van der Waals surface area (Å²) in [5.41, 5.74) is -7.17. The highest BCUT2D eigenvalue weighted by molar-refractivity contribution is 7.85. The van der Waals surface area contributed by atoms with E-state index in [0.29, 0.717) is 25.7 Å². The molecule has 4 fully saturated rings. The van der Waals surface area contributed by atoms with Crippen LogP contribution in [0.5, 0.6) is 0 Å². The zero-order valence-electron chi connectivity index (χ0n) is 17.1. The molecule has 0 amide bonds. The molecular weight excluding hydrogens is 470 g/mol. The molecule has 4 aliphatic carbocycles. The topological polar surface area (TPSA) is 89.9 Å². The summed E-state index contributed by atoms with van der Waals surface area (Å²) in [6.45, 7) is 1.79. The third-order valence-electron chi connectivity index (χ3n) is 6.75. The van der Waals surface area contributed by atoms with E-state index in [1.165, 1.54) is 6.26 Å². The van der Waals surface area contributed by atoms with Crippen LogP contribution in [0.15, 0.2) is 12.3 Å². The summed E-state index contributed by atoms with van der Waals surface area (Å²) in [5, 5.41) is 0. The van der Waals surface area contributed by atoms with Crippen LogP contribution in [0, 0.1) is 23.2 Å². The van der Waals surface area contributed by atoms with Gasteiger partial charge in [0, 0.05) is 0 Å². The number of halogens is 6. The Morgan fingerprint density at radius 3 is 2.03 bits per heavy atom. The lowest BCUT2D eigenvalue weighted by Crippen LogP contribution is -2.67. The molecule has 3 unspecified atom stereocenters. The van der Waals surface area contributed by atoms with Gasteiger partial charge >= 0.3 is 23.9 Å². The molecule has 32 heavy (non-hydrogen) atoms. The SMILES string of the molecule is CCC=COC1C2CC3CC(C2)CC1(C(=O)OC(CS(=O)(=O)O)(C(F)(F)F)C(F)(F)F)C3. The number of esters is 1. The van der Waals surface area contributed by atoms with Crippen LogP contribution < -0.4 is 0 Å². The van der Waals surface area contributed by atoms with E-state index in [4.69, 9.17) is 9.29 Å². The molecule has 0 radical (unpaired) electrons. The first-order chi connectivity index (χ1) is 14.5. The number of alkyl halides is 6. The highest BCUT2D eigenvalue weighted by atomic mass is 32.2. The Kier molecular flexibility index (Phi) is 6.33. The van der Waals surface area contributed by atoms with E-state index in [-0.39, 0.29) is 30.6 Å². The van der Waals surface area contributed by atoms with Crippen LogP contribution in [0.4, 0.5) is 26.3 Å². The van der Waals surface area contributed by atoms with Crippen molar-refractivity contribution in [3.63, 3.8) is 0 Å². The van der Waals surface area contributed by atoms with Crippen molar-refractivity contribution in [2.75, 3.05) is 5.75 Å². The highest BCUT2D eigenvalue weighted by Crippen LogP contribution is 2.62. The lowest BCUT2D eigenvalue weighted by molar-refractivity contribution is -0.365. The van der Waals surface area contributed by atoms with Crippen molar-refractivity contribution >= 4 is 16.1 Å². The first kappa shape index (κ1) is 25.1. The largest absolute Gasteiger partial charge is 0.497 e. The Labute approximate surface area is 181 Å². The third-order valence-corrected chi connectivity index (χ3v) is 7.52. The molecule has 6 nitrogen and oxygen atoms in total. The highest BCUT2D eigenvalue weighted by Gasteiger charge is 2.77. The second-order valence-corrected chi connectivity index (χ2v) is 10.5. The Balaban J connectivity index is 2.04. The maximum atomic E-state index is 13.7. The van der Waals surface area contributed by atoms with Gasteiger partial charge in [-0.25, -0.2) is 0 Å². The van der Waals surface area contributed by atoms with Crippen molar-refractivity contribution < 1.29 is 53.6 Å². The van der Waals surface area contributed by atoms with Gasteiger partial charge in [-0.2, -0.15) is 34.8 Å². The Morgan fingerprint density at radius 2 is 1.59 bits per heavy atom. The normalized spacial score (nSPS) is 33.0. The fourth-order valence-electron chi connectivity index (χ4n) is 5.74. The Hall–Kier alpha value is -1.50. The number of hydrogen-bond acceptors (Lipinski definition) is 5. The molecule has 13 heteroatoms. The predicted octanol–water partition coefficient (Wildman–Crippen LogP) is 4.42. The molecule has 0 aliphatic heterocycles. The van der Waals surface area contributed by atoms with Gasteiger partial charge in [0.2, 0.25) is 0 Å². The third kappa shape index (κ3) is 4.34. The van der Waals surface area contributed by atoms with Gasteiger partial charge in [-0.1, -0.05) is 13.0 Å². The molecule has 0 saturated heterocycles. The number of rotatable bonds is 7. The van der Waals surface area contributed by atoms with Crippen LogP contribution in [0.1, 0.15) is 45.4 Å². The fourth-order valence-corrected chi connectivity index (χ4v) is 6.64. The van der Waals surface area contributed by atoms with Gasteiger partial charge < -0.3 is 9.47 Å². The molecule has 184 valence electrons. The molecule has 4 rings (SSSR count). The monoisotopic (exact) mass is 494 g/mol. The van der Waals surface area contributed by atoms with Crippen LogP contribution in [-0.2, 0) is 24.4 Å². The van der Waals surface area contributed by atoms with Crippen molar-refractivity contribution in [2.24, 2.45) is 23.2 Å². The summed E-state index contributed by atoms with van der Waals surface area (Å²) >= 11 is 0. The second-order valence-electron chi connectivity index (χ2n) is 9.04. The van der Waals surface area contributed by atoms with Crippen LogP contribution >= 0.6 is 0 Å². The van der Waals surface area contributed by atoms with E-state index < -0.39 is 51.3 Å². The van der Waals surface area contributed by atoms with Crippen LogP contribution in [0.25, 0.3) is 0 Å². The molecule has 4 aliphatic rings. The van der Waals surface area contributed by atoms with Crippen LogP contribution in [0.2, 0.25) is 0 Å². The minimum absolute atomic E-state index is 0.0128. The zero-order valence-corrected chi connectivity index (χ0v) is 17.9. The van der Waals surface area contributed by atoms with E-state index in [9.17, 15) is 39.6 Å². The minimum Gasteiger partial charge on any atom is -0.497 e. The molecule has 4 bridgehead atoms. The van der Waals surface area contributed by atoms with E-state index >= 15 is 0 Å². The summed E-state index contributed by atoms with van der Waals surface area (Å²) in [6.07, 6.45) is -8.32. The summed E-state index contributed by atoms with van der Waals surface area (Å²) in [4.78, 5) is 13.1. The maximum absolute atomic E-state index is 13.7. The maximum Gasteiger partial charge on any atom is 0.438 e. The second kappa shape index (κ2) is 8.07. The summed E-state index contributed by atoms with van der Waals surface area (Å²) < 4.78 is 123. The Bertz CT molecular complexity index is 837. The lowest BCUT2D eigenvalue weighted by atomic mass is 9.48. The number of carbonyl (C=O) groups excluding carboxylic acids is 1. The minimum atomic E-state index is -6.35. The van der Waals surface area contributed by atoms with Gasteiger partial charge in [-0.3, -0.25) is 9.35 Å². The Morgan fingerprint density at radius 1 is 1.06 bits per heavy atom. The molecule has 0 spiro atoms. The van der Waals surface area contributed by atoms with Gasteiger partial charge in [0.05, 0.1) is 6.26 Å². The fraction of sp³-hybridized carbons (Fsp3) is 0.842. The van der Waals surface area contributed by atoms with E-state index in [2.05, 4.69) is 4.74 Å². The lowest BCUT2D eigenvalue weighted by Gasteiger charge is -2.59. The molecule has 0 aromatic rings. The molecule has 4 saturated carbocycles. The first-order valence-corrected chi connectivity index (χ1v) is 11.8. The van der Waals surface area contributed by atoms with E-state index in [0.717, 1.165) is 0 Å². The molecule has 3 atom stereocenters. The van der Waals surface area contributed by atoms with Gasteiger partial charge in [0.25, 0.3) is 10.1 Å². The average molecular weight is 494 g/mol. The first-order valence-electron chi connectivity index (χ1n) is 10.2. The van der Waals surface area contributed by atoms with E-state index in [1.807, 2.05) is 0 Å². The number of hydrogen-bond donors (Lipinski definition) is 1. The van der Waals surface area contributed by atoms with Gasteiger partial charge in [0.1, 0.15) is 17.3 Å². The van der Waals surface area contributed by atoms with Crippen molar-refractivity contribution in [3.05, 3.63) is 12.3 Å². The van der Waals surface area contributed by atoms with E-state index in [1.54, 1.807) is 13.0 Å². The molecule has 0 aromatic heterocycles. The number of ether oxygens (including phenoxy) is 2.